The van der Waals surface area contributed by atoms with Crippen molar-refractivity contribution in [1.29, 1.82) is 0 Å². The number of nitrogens with one attached hydrogen (secondary N) is 2. The Morgan fingerprint density at radius 3 is 2.59 bits per heavy atom. The van der Waals surface area contributed by atoms with Crippen molar-refractivity contribution < 1.29 is 24.4 Å². The van der Waals surface area contributed by atoms with E-state index in [9.17, 15) is 4.79 Å². The molecule has 0 aliphatic carbocycles. The lowest BCUT2D eigenvalue weighted by atomic mass is 10.1. The number of benzene rings is 2. The Bertz CT molecular complexity index is 837. The van der Waals surface area contributed by atoms with Crippen LogP contribution in [0.1, 0.15) is 22.8 Å². The Balaban J connectivity index is 2.19. The molecule has 0 saturated heterocycles. The molecule has 7 heteroatoms. The average Bonchev–Trinajstić information content (AvgIpc) is 2.71. The van der Waals surface area contributed by atoms with Gasteiger partial charge in [0.15, 0.2) is 0 Å². The van der Waals surface area contributed by atoms with Crippen LogP contribution in [0.15, 0.2) is 60.8 Å². The summed E-state index contributed by atoms with van der Waals surface area (Å²) >= 11 is 0. The largest absolute Gasteiger partial charge is 0.489 e. The molecule has 154 valence electrons. The molecule has 0 radical (unpaired) electrons. The fraction of sp³-hybridized carbons (Fsp3) is 0.273. The molecule has 0 aliphatic heterocycles. The number of hydrogen-bond donors (Lipinski definition) is 3. The molecule has 0 spiro atoms. The molecule has 7 nitrogen and oxygen atoms in total. The lowest BCUT2D eigenvalue weighted by molar-refractivity contribution is -0.115. The van der Waals surface area contributed by atoms with E-state index < -0.39 is 0 Å². The van der Waals surface area contributed by atoms with Crippen LogP contribution in [0.3, 0.4) is 0 Å². The Morgan fingerprint density at radius 2 is 1.90 bits per heavy atom. The van der Waals surface area contributed by atoms with Crippen LogP contribution in [0.25, 0.3) is 0 Å². The third-order valence-corrected chi connectivity index (χ3v) is 3.82. The molecular weight excluding hydrogens is 370 g/mol. The first-order valence-electron chi connectivity index (χ1n) is 9.26. The van der Waals surface area contributed by atoms with E-state index in [1.165, 1.54) is 0 Å². The Hall–Kier alpha value is -3.32. The lowest BCUT2D eigenvalue weighted by Crippen LogP contribution is -2.49. The van der Waals surface area contributed by atoms with Gasteiger partial charge in [-0.05, 0) is 24.6 Å². The van der Waals surface area contributed by atoms with E-state index in [1.807, 2.05) is 37.3 Å². The summed E-state index contributed by atoms with van der Waals surface area (Å²) in [5, 5.41) is 11.2. The fourth-order valence-electron chi connectivity index (χ4n) is 2.51. The number of nitrogens with two attached hydrogens (primary N) is 1. The van der Waals surface area contributed by atoms with Gasteiger partial charge in [0.1, 0.15) is 24.2 Å². The topological polar surface area (TPSA) is 94.4 Å². The van der Waals surface area contributed by atoms with Crippen molar-refractivity contribution in [2.24, 2.45) is 0 Å². The maximum atomic E-state index is 12.6. The quantitative estimate of drug-likeness (QED) is 0.414. The Labute approximate surface area is 171 Å². The minimum Gasteiger partial charge on any atom is -0.489 e. The molecule has 2 rings (SSSR count). The van der Waals surface area contributed by atoms with Gasteiger partial charge in [-0.1, -0.05) is 30.3 Å². The van der Waals surface area contributed by atoms with Gasteiger partial charge in [-0.3, -0.25) is 5.41 Å². The van der Waals surface area contributed by atoms with Gasteiger partial charge < -0.3 is 19.5 Å². The normalized spacial score (nSPS) is 11.7. The highest BCUT2D eigenvalue weighted by atomic mass is 16.5. The maximum Gasteiger partial charge on any atom is 0.339 e. The molecule has 0 bridgehead atoms. The third kappa shape index (κ3) is 7.67. The second-order valence-corrected chi connectivity index (χ2v) is 6.38. The van der Waals surface area contributed by atoms with Crippen molar-refractivity contribution in [2.45, 2.75) is 19.6 Å². The van der Waals surface area contributed by atoms with Crippen molar-refractivity contribution in [3.05, 3.63) is 71.9 Å². The zero-order chi connectivity index (χ0) is 21.1. The summed E-state index contributed by atoms with van der Waals surface area (Å²) < 4.78 is 16.9. The van der Waals surface area contributed by atoms with Crippen molar-refractivity contribution in [3.8, 4) is 11.5 Å². The molecule has 1 atom stereocenters. The molecule has 4 N–H and O–H groups in total. The predicted octanol–water partition coefficient (Wildman–Crippen LogP) is 1.30. The number of carbonyl (C=O) groups is 1. The first kappa shape index (κ1) is 22.0. The van der Waals surface area contributed by atoms with Gasteiger partial charge in [0.05, 0.1) is 12.2 Å². The zero-order valence-electron chi connectivity index (χ0n) is 17.0. The molecule has 0 aliphatic rings. The third-order valence-electron chi connectivity index (χ3n) is 3.82. The molecular formula is C22H28N3O4+. The molecule has 0 saturated carbocycles. The molecule has 2 aromatic carbocycles. The molecule has 2 aromatic rings. The van der Waals surface area contributed by atoms with Gasteiger partial charge in [-0.15, -0.1) is 0 Å². The van der Waals surface area contributed by atoms with Crippen LogP contribution in [0.2, 0.25) is 0 Å². The minimum absolute atomic E-state index is 0.185. The average molecular weight is 398 g/mol. The Kier molecular flexibility index (Phi) is 8.72. The highest BCUT2D eigenvalue weighted by Gasteiger charge is 2.17. The summed E-state index contributed by atoms with van der Waals surface area (Å²) in [4.78, 5) is 12.6. The summed E-state index contributed by atoms with van der Waals surface area (Å²) in [7, 11) is 3.35. The standard InChI is InChI=1S/C22H27N3O4/c1-16(14-27-3)29-20-12-18(22(26)25-21(23)9-10-24-2)11-19(13-20)28-15-17-7-5-4-6-8-17/h4-13,16,24H,14-15H2,1-3H3,(H2,23,25,26)/p+1/b10-9-/t16-/m0/s1. The number of methoxy groups -OCH3 is 1. The SMILES string of the molecule is CN/C=C\C(=[NH2+])NC(=O)c1cc(OCc2ccccc2)cc(O[C@@H](C)COC)c1. The summed E-state index contributed by atoms with van der Waals surface area (Å²) in [5.41, 5.74) is 1.39. The highest BCUT2D eigenvalue weighted by Crippen LogP contribution is 2.25. The van der Waals surface area contributed by atoms with Crippen LogP contribution in [-0.4, -0.2) is 38.6 Å². The highest BCUT2D eigenvalue weighted by molar-refractivity contribution is 6.08. The second-order valence-electron chi connectivity index (χ2n) is 6.38. The van der Waals surface area contributed by atoms with E-state index in [0.29, 0.717) is 30.3 Å². The number of amides is 1. The van der Waals surface area contributed by atoms with Crippen LogP contribution in [0, 0.1) is 0 Å². The minimum atomic E-state index is -0.363. The van der Waals surface area contributed by atoms with Crippen LogP contribution >= 0.6 is 0 Å². The van der Waals surface area contributed by atoms with E-state index in [2.05, 4.69) is 10.6 Å². The van der Waals surface area contributed by atoms with E-state index in [-0.39, 0.29) is 17.8 Å². The molecule has 0 unspecified atom stereocenters. The summed E-state index contributed by atoms with van der Waals surface area (Å²) in [6.07, 6.45) is 3.00. The Morgan fingerprint density at radius 1 is 1.17 bits per heavy atom. The number of amidine groups is 1. The van der Waals surface area contributed by atoms with Gasteiger partial charge in [0.2, 0.25) is 0 Å². The fourth-order valence-corrected chi connectivity index (χ4v) is 2.51. The number of hydrogen-bond acceptors (Lipinski definition) is 5. The van der Waals surface area contributed by atoms with E-state index in [1.54, 1.807) is 44.6 Å². The zero-order valence-corrected chi connectivity index (χ0v) is 17.0. The number of ether oxygens (including phenoxy) is 3. The maximum absolute atomic E-state index is 12.6. The first-order chi connectivity index (χ1) is 14.0. The molecule has 0 fully saturated rings. The van der Waals surface area contributed by atoms with Gasteiger partial charge in [0.25, 0.3) is 5.84 Å². The predicted molar refractivity (Wildman–Crippen MR) is 112 cm³/mol. The van der Waals surface area contributed by atoms with Gasteiger partial charge in [0, 0.05) is 32.5 Å². The van der Waals surface area contributed by atoms with E-state index in [0.717, 1.165) is 5.56 Å². The van der Waals surface area contributed by atoms with Crippen LogP contribution in [0.4, 0.5) is 0 Å². The smallest absolute Gasteiger partial charge is 0.339 e. The number of carbonyl (C=O) groups excluding carboxylic acids is 1. The van der Waals surface area contributed by atoms with Gasteiger partial charge in [-0.25, -0.2) is 10.1 Å². The lowest BCUT2D eigenvalue weighted by Gasteiger charge is -2.16. The molecule has 29 heavy (non-hydrogen) atoms. The van der Waals surface area contributed by atoms with Crippen LogP contribution < -0.4 is 25.5 Å². The van der Waals surface area contributed by atoms with Crippen molar-refractivity contribution >= 4 is 11.7 Å². The first-order valence-corrected chi connectivity index (χ1v) is 9.26. The van der Waals surface area contributed by atoms with Crippen LogP contribution in [0.5, 0.6) is 11.5 Å². The van der Waals surface area contributed by atoms with Gasteiger partial charge in [-0.2, -0.15) is 0 Å². The summed E-state index contributed by atoms with van der Waals surface area (Å²) in [6.45, 7) is 2.68. The summed E-state index contributed by atoms with van der Waals surface area (Å²) in [5.74, 6) is 0.882. The van der Waals surface area contributed by atoms with Crippen LogP contribution in [-0.2, 0) is 11.3 Å². The second kappa shape index (κ2) is 11.5. The van der Waals surface area contributed by atoms with Gasteiger partial charge >= 0.3 is 5.91 Å². The van der Waals surface area contributed by atoms with E-state index >= 15 is 0 Å². The van der Waals surface area contributed by atoms with Crippen molar-refractivity contribution in [2.75, 3.05) is 20.8 Å². The monoisotopic (exact) mass is 398 g/mol. The van der Waals surface area contributed by atoms with E-state index in [4.69, 9.17) is 19.6 Å². The molecule has 1 amide bonds. The van der Waals surface area contributed by atoms with Crippen molar-refractivity contribution in [3.63, 3.8) is 0 Å². The van der Waals surface area contributed by atoms with Crippen molar-refractivity contribution in [1.82, 2.24) is 10.6 Å². The molecule has 0 heterocycles. The summed E-state index contributed by atoms with van der Waals surface area (Å²) in [6, 6.07) is 14.8. The number of rotatable bonds is 10. The molecule has 0 aromatic heterocycles.